The van der Waals surface area contributed by atoms with Crippen LogP contribution in [0.3, 0.4) is 0 Å². The van der Waals surface area contributed by atoms with E-state index in [4.69, 9.17) is 28.9 Å². The summed E-state index contributed by atoms with van der Waals surface area (Å²) in [6, 6.07) is 11.9. The number of H-pyrrole nitrogens is 1. The number of fused-ring (bicyclic) bond motifs is 1. The Morgan fingerprint density at radius 3 is 2.78 bits per heavy atom. The Bertz CT molecular complexity index is 1110. The largest absolute Gasteiger partial charge is 0.361 e. The van der Waals surface area contributed by atoms with Crippen LogP contribution in [-0.4, -0.2) is 14.5 Å². The van der Waals surface area contributed by atoms with Gasteiger partial charge in [0.05, 0.1) is 22.7 Å². The Morgan fingerprint density at radius 1 is 1.15 bits per heavy atom. The highest BCUT2D eigenvalue weighted by molar-refractivity contribution is 6.36. The first kappa shape index (κ1) is 18.1. The van der Waals surface area contributed by atoms with Crippen LogP contribution in [0.1, 0.15) is 16.8 Å². The molecule has 3 N–H and O–H groups in total. The van der Waals surface area contributed by atoms with Crippen molar-refractivity contribution in [2.45, 2.75) is 26.4 Å². The molecule has 0 amide bonds. The summed E-state index contributed by atoms with van der Waals surface area (Å²) in [6.45, 7) is 3.29. The predicted octanol–water partition coefficient (Wildman–Crippen LogP) is 5.35. The number of hydrogen-bond acceptors (Lipinski definition) is 2. The summed E-state index contributed by atoms with van der Waals surface area (Å²) in [7, 11) is 0. The van der Waals surface area contributed by atoms with Gasteiger partial charge in [-0.2, -0.15) is 0 Å². The van der Waals surface area contributed by atoms with Gasteiger partial charge in [-0.05, 0) is 48.7 Å². The average Bonchev–Trinajstić information content (AvgIpc) is 3.23. The summed E-state index contributed by atoms with van der Waals surface area (Å²) >= 11 is 12.4. The number of aromatic nitrogens is 3. The fourth-order valence-electron chi connectivity index (χ4n) is 3.47. The minimum absolute atomic E-state index is 0.390. The van der Waals surface area contributed by atoms with Gasteiger partial charge in [0.1, 0.15) is 0 Å². The van der Waals surface area contributed by atoms with Crippen molar-refractivity contribution in [2.24, 2.45) is 5.73 Å². The summed E-state index contributed by atoms with van der Waals surface area (Å²) < 4.78 is 2.10. The van der Waals surface area contributed by atoms with Gasteiger partial charge in [-0.25, -0.2) is 4.98 Å². The first-order valence-corrected chi connectivity index (χ1v) is 9.58. The zero-order valence-corrected chi connectivity index (χ0v) is 16.5. The van der Waals surface area contributed by atoms with Crippen molar-refractivity contribution in [3.8, 4) is 11.3 Å². The van der Waals surface area contributed by atoms with Gasteiger partial charge in [-0.3, -0.25) is 0 Å². The third kappa shape index (κ3) is 3.48. The lowest BCUT2D eigenvalue weighted by atomic mass is 10.1. The van der Waals surface area contributed by atoms with Crippen molar-refractivity contribution in [3.05, 3.63) is 75.8 Å². The molecule has 2 heterocycles. The molecule has 0 spiro atoms. The summed E-state index contributed by atoms with van der Waals surface area (Å²) in [5.41, 5.74) is 12.4. The number of nitrogens with one attached hydrogen (secondary N) is 1. The lowest BCUT2D eigenvalue weighted by molar-refractivity contribution is 0.663. The molecule has 0 atom stereocenters. The van der Waals surface area contributed by atoms with Gasteiger partial charge in [0.15, 0.2) is 0 Å². The van der Waals surface area contributed by atoms with Crippen LogP contribution in [0.2, 0.25) is 10.0 Å². The Kier molecular flexibility index (Phi) is 4.96. The molecule has 2 aromatic heterocycles. The van der Waals surface area contributed by atoms with E-state index in [9.17, 15) is 0 Å². The highest BCUT2D eigenvalue weighted by Crippen LogP contribution is 2.31. The molecule has 0 radical (unpaired) electrons. The number of imidazole rings is 1. The monoisotopic (exact) mass is 398 g/mol. The van der Waals surface area contributed by atoms with Crippen molar-refractivity contribution in [2.75, 3.05) is 0 Å². The summed E-state index contributed by atoms with van der Waals surface area (Å²) in [6.07, 6.45) is 4.81. The minimum atomic E-state index is 0.390. The third-order valence-electron chi connectivity index (χ3n) is 4.87. The second-order valence-corrected chi connectivity index (χ2v) is 7.52. The molecule has 27 heavy (non-hydrogen) atoms. The number of hydrogen-bond donors (Lipinski definition) is 2. The number of benzene rings is 2. The van der Waals surface area contributed by atoms with E-state index in [1.165, 1.54) is 22.0 Å². The summed E-state index contributed by atoms with van der Waals surface area (Å²) in [5.74, 6) is 0. The number of aryl methyl sites for hydroxylation is 3. The van der Waals surface area contributed by atoms with Gasteiger partial charge in [-0.1, -0.05) is 35.3 Å². The Labute approximate surface area is 167 Å². The summed E-state index contributed by atoms with van der Waals surface area (Å²) in [5, 5.41) is 2.44. The van der Waals surface area contributed by atoms with Crippen LogP contribution in [0, 0.1) is 6.92 Å². The van der Waals surface area contributed by atoms with Gasteiger partial charge < -0.3 is 15.3 Å². The first-order chi connectivity index (χ1) is 13.1. The normalized spacial score (nSPS) is 11.4. The minimum Gasteiger partial charge on any atom is -0.361 e. The molecule has 0 aliphatic carbocycles. The van der Waals surface area contributed by atoms with Crippen LogP contribution in [0.5, 0.6) is 0 Å². The van der Waals surface area contributed by atoms with Crippen molar-refractivity contribution >= 4 is 34.1 Å². The Morgan fingerprint density at radius 2 is 2.00 bits per heavy atom. The number of nitrogens with two attached hydrogens (primary N) is 1. The second kappa shape index (κ2) is 7.39. The maximum absolute atomic E-state index is 6.36. The Hall–Kier alpha value is -2.27. The van der Waals surface area contributed by atoms with E-state index in [2.05, 4.69) is 45.9 Å². The quantitative estimate of drug-likeness (QED) is 0.475. The molecule has 4 rings (SSSR count). The molecule has 0 bridgehead atoms. The van der Waals surface area contributed by atoms with E-state index in [0.29, 0.717) is 16.6 Å². The maximum Gasteiger partial charge on any atom is 0.0956 e. The van der Waals surface area contributed by atoms with Crippen molar-refractivity contribution in [1.29, 1.82) is 0 Å². The molecule has 2 aromatic carbocycles. The first-order valence-electron chi connectivity index (χ1n) is 8.83. The maximum atomic E-state index is 6.36. The molecule has 0 saturated heterocycles. The average molecular weight is 399 g/mol. The van der Waals surface area contributed by atoms with Gasteiger partial charge in [-0.15, -0.1) is 0 Å². The van der Waals surface area contributed by atoms with E-state index in [1.807, 2.05) is 18.5 Å². The van der Waals surface area contributed by atoms with Gasteiger partial charge in [0, 0.05) is 40.8 Å². The third-order valence-corrected chi connectivity index (χ3v) is 5.42. The van der Waals surface area contributed by atoms with E-state index in [0.717, 1.165) is 29.9 Å². The number of rotatable bonds is 5. The van der Waals surface area contributed by atoms with Crippen LogP contribution in [0.25, 0.3) is 22.2 Å². The Balaban J connectivity index is 1.62. The number of aromatic amines is 1. The second-order valence-electron chi connectivity index (χ2n) is 6.67. The number of halogens is 2. The van der Waals surface area contributed by atoms with Crippen LogP contribution < -0.4 is 5.73 Å². The molecule has 0 saturated carbocycles. The van der Waals surface area contributed by atoms with E-state index in [-0.39, 0.29) is 0 Å². The van der Waals surface area contributed by atoms with Gasteiger partial charge in [0.2, 0.25) is 0 Å². The fourth-order valence-corrected chi connectivity index (χ4v) is 3.97. The molecule has 0 unspecified atom stereocenters. The zero-order valence-electron chi connectivity index (χ0n) is 15.0. The zero-order chi connectivity index (χ0) is 19.0. The molecular weight excluding hydrogens is 379 g/mol. The highest BCUT2D eigenvalue weighted by Gasteiger charge is 2.15. The lowest BCUT2D eigenvalue weighted by Crippen LogP contribution is -2.09. The van der Waals surface area contributed by atoms with Crippen LogP contribution in [0.4, 0.5) is 0 Å². The molecule has 138 valence electrons. The SMILES string of the molecule is Cc1ccc2c(CCn3cnc(-c4ccc(Cl)cc4Cl)c3CN)c[nH]c2c1. The predicted molar refractivity (Wildman–Crippen MR) is 112 cm³/mol. The van der Waals surface area contributed by atoms with Crippen LogP contribution in [-0.2, 0) is 19.5 Å². The molecule has 4 nitrogen and oxygen atoms in total. The van der Waals surface area contributed by atoms with Gasteiger partial charge >= 0.3 is 0 Å². The molecule has 6 heteroatoms. The smallest absolute Gasteiger partial charge is 0.0956 e. The van der Waals surface area contributed by atoms with Crippen molar-refractivity contribution < 1.29 is 0 Å². The van der Waals surface area contributed by atoms with E-state index in [1.54, 1.807) is 6.07 Å². The molecule has 0 fully saturated rings. The molecular formula is C21H20Cl2N4. The highest BCUT2D eigenvalue weighted by atomic mass is 35.5. The lowest BCUT2D eigenvalue weighted by Gasteiger charge is -2.09. The van der Waals surface area contributed by atoms with E-state index < -0.39 is 0 Å². The number of nitrogens with zero attached hydrogens (tertiary/aromatic N) is 2. The summed E-state index contributed by atoms with van der Waals surface area (Å²) in [4.78, 5) is 7.93. The van der Waals surface area contributed by atoms with Crippen molar-refractivity contribution in [3.63, 3.8) is 0 Å². The topological polar surface area (TPSA) is 59.6 Å². The van der Waals surface area contributed by atoms with Crippen LogP contribution >= 0.6 is 23.2 Å². The van der Waals surface area contributed by atoms with E-state index >= 15 is 0 Å². The van der Waals surface area contributed by atoms with Crippen LogP contribution in [0.15, 0.2) is 48.9 Å². The molecule has 0 aliphatic rings. The standard InChI is InChI=1S/C21H20Cl2N4/c1-13-2-4-16-14(11-25-19(16)8-13)6-7-27-12-26-21(20(27)10-24)17-5-3-15(22)9-18(17)23/h2-5,8-9,11-12,25H,6-7,10,24H2,1H3. The van der Waals surface area contributed by atoms with Gasteiger partial charge in [0.25, 0.3) is 0 Å². The fraction of sp³-hybridized carbons (Fsp3) is 0.190. The van der Waals surface area contributed by atoms with Crippen molar-refractivity contribution in [1.82, 2.24) is 14.5 Å². The molecule has 0 aliphatic heterocycles. The molecule has 4 aromatic rings.